The van der Waals surface area contributed by atoms with Gasteiger partial charge in [-0.15, -0.1) is 0 Å². The number of nitrogens with one attached hydrogen (secondary N) is 1. The van der Waals surface area contributed by atoms with Crippen molar-refractivity contribution < 1.29 is 19.1 Å². The Morgan fingerprint density at radius 2 is 1.82 bits per heavy atom. The number of nitriles is 1. The zero-order valence-electron chi connectivity index (χ0n) is 17.8. The third-order valence-corrected chi connectivity index (χ3v) is 5.80. The average molecular weight is 560 g/mol. The van der Waals surface area contributed by atoms with Crippen molar-refractivity contribution in [3.8, 4) is 11.8 Å². The molecule has 0 aliphatic rings. The molecule has 0 spiro atoms. The molecule has 0 aliphatic heterocycles. The smallest absolute Gasteiger partial charge is 0.337 e. The van der Waals surface area contributed by atoms with Gasteiger partial charge in [-0.05, 0) is 76.1 Å². The predicted molar refractivity (Wildman–Crippen MR) is 135 cm³/mol. The van der Waals surface area contributed by atoms with Crippen LogP contribution in [0.3, 0.4) is 0 Å². The maximum Gasteiger partial charge on any atom is 0.337 e. The molecule has 0 atom stereocenters. The van der Waals surface area contributed by atoms with Crippen LogP contribution >= 0.6 is 39.1 Å². The summed E-state index contributed by atoms with van der Waals surface area (Å²) in [5.41, 5.74) is 2.10. The molecule has 0 unspecified atom stereocenters. The average Bonchev–Trinajstić information content (AvgIpc) is 2.82. The van der Waals surface area contributed by atoms with Crippen LogP contribution in [0.2, 0.25) is 10.0 Å². The minimum atomic E-state index is -0.581. The number of anilines is 1. The molecule has 3 aromatic rings. The van der Waals surface area contributed by atoms with Gasteiger partial charge in [0.1, 0.15) is 24.0 Å². The zero-order valence-corrected chi connectivity index (χ0v) is 20.9. The van der Waals surface area contributed by atoms with Gasteiger partial charge in [0.15, 0.2) is 0 Å². The number of benzene rings is 3. The molecule has 1 N–H and O–H groups in total. The number of halogens is 3. The number of rotatable bonds is 7. The molecular weight excluding hydrogens is 543 g/mol. The number of ether oxygens (including phenoxy) is 2. The van der Waals surface area contributed by atoms with E-state index >= 15 is 0 Å². The van der Waals surface area contributed by atoms with Crippen LogP contribution in [0, 0.1) is 11.3 Å². The number of carbonyl (C=O) groups excluding carboxylic acids is 2. The Labute approximate surface area is 214 Å². The molecule has 0 saturated carbocycles. The van der Waals surface area contributed by atoms with Crippen LogP contribution in [0.15, 0.2) is 70.7 Å². The first kappa shape index (κ1) is 25.3. The second-order valence-electron chi connectivity index (χ2n) is 6.91. The summed E-state index contributed by atoms with van der Waals surface area (Å²) in [5, 5.41) is 13.1. The number of esters is 1. The Bertz CT molecular complexity index is 1300. The molecule has 0 aliphatic carbocycles. The monoisotopic (exact) mass is 558 g/mol. The van der Waals surface area contributed by atoms with Gasteiger partial charge in [0.2, 0.25) is 0 Å². The summed E-state index contributed by atoms with van der Waals surface area (Å²) in [6.45, 7) is 0.240. The molecule has 172 valence electrons. The van der Waals surface area contributed by atoms with Crippen molar-refractivity contribution >= 4 is 62.8 Å². The van der Waals surface area contributed by atoms with Crippen molar-refractivity contribution in [3.05, 3.63) is 97.4 Å². The quantitative estimate of drug-likeness (QED) is 0.198. The topological polar surface area (TPSA) is 88.4 Å². The van der Waals surface area contributed by atoms with Crippen molar-refractivity contribution in [1.29, 1.82) is 5.26 Å². The van der Waals surface area contributed by atoms with E-state index < -0.39 is 11.9 Å². The Balaban J connectivity index is 1.69. The first-order valence-corrected chi connectivity index (χ1v) is 11.3. The lowest BCUT2D eigenvalue weighted by atomic mass is 10.1. The Morgan fingerprint density at radius 1 is 1.09 bits per heavy atom. The van der Waals surface area contributed by atoms with Gasteiger partial charge in [0.05, 0.1) is 17.1 Å². The van der Waals surface area contributed by atoms with E-state index in [0.717, 1.165) is 5.56 Å². The number of hydrogen-bond acceptors (Lipinski definition) is 5. The summed E-state index contributed by atoms with van der Waals surface area (Å²) in [6, 6.07) is 18.4. The second-order valence-corrected chi connectivity index (χ2v) is 8.61. The highest BCUT2D eigenvalue weighted by Crippen LogP contribution is 2.29. The number of nitrogens with zero attached hydrogens (tertiary/aromatic N) is 1. The molecule has 0 fully saturated rings. The van der Waals surface area contributed by atoms with Crippen LogP contribution in [-0.4, -0.2) is 19.0 Å². The van der Waals surface area contributed by atoms with E-state index in [0.29, 0.717) is 37.1 Å². The molecule has 3 aromatic carbocycles. The zero-order chi connectivity index (χ0) is 24.7. The Kier molecular flexibility index (Phi) is 8.72. The van der Waals surface area contributed by atoms with Crippen LogP contribution in [0.4, 0.5) is 5.69 Å². The maximum absolute atomic E-state index is 12.5. The molecule has 0 heterocycles. The Morgan fingerprint density at radius 3 is 2.44 bits per heavy atom. The maximum atomic E-state index is 12.5. The van der Waals surface area contributed by atoms with Gasteiger partial charge in [-0.2, -0.15) is 5.26 Å². The second kappa shape index (κ2) is 11.7. The van der Waals surface area contributed by atoms with Crippen LogP contribution in [0.5, 0.6) is 5.75 Å². The summed E-state index contributed by atoms with van der Waals surface area (Å²) in [4.78, 5) is 24.0. The van der Waals surface area contributed by atoms with Crippen LogP contribution < -0.4 is 10.1 Å². The predicted octanol–water partition coefficient (Wildman–Crippen LogP) is 6.67. The Hall–Kier alpha value is -3.31. The minimum absolute atomic E-state index is 0.0921. The van der Waals surface area contributed by atoms with Crippen molar-refractivity contribution in [1.82, 2.24) is 0 Å². The fraction of sp³-hybridized carbons (Fsp3) is 0.0800. The summed E-state index contributed by atoms with van der Waals surface area (Å²) in [5.74, 6) is -0.497. The van der Waals surface area contributed by atoms with Gasteiger partial charge in [-0.25, -0.2) is 4.79 Å². The normalized spacial score (nSPS) is 10.9. The summed E-state index contributed by atoms with van der Waals surface area (Å²) < 4.78 is 11.1. The van der Waals surface area contributed by atoms with Crippen molar-refractivity contribution in [2.45, 2.75) is 6.61 Å². The summed E-state index contributed by atoms with van der Waals surface area (Å²) >= 11 is 15.5. The van der Waals surface area contributed by atoms with Crippen molar-refractivity contribution in [2.75, 3.05) is 12.4 Å². The third-order valence-electron chi connectivity index (χ3n) is 4.59. The summed E-state index contributed by atoms with van der Waals surface area (Å²) in [6.07, 6.45) is 1.46. The van der Waals surface area contributed by atoms with Gasteiger partial charge < -0.3 is 14.8 Å². The van der Waals surface area contributed by atoms with E-state index in [-0.39, 0.29) is 12.2 Å². The van der Waals surface area contributed by atoms with E-state index in [4.69, 9.17) is 27.9 Å². The molecule has 0 aromatic heterocycles. The first-order chi connectivity index (χ1) is 16.3. The first-order valence-electron chi connectivity index (χ1n) is 9.78. The van der Waals surface area contributed by atoms with Crippen molar-refractivity contribution in [3.63, 3.8) is 0 Å². The third kappa shape index (κ3) is 6.61. The highest BCUT2D eigenvalue weighted by Gasteiger charge is 2.12. The standard InChI is InChI=1S/C25H17BrCl2N2O4/c1-33-25(32)16-4-7-20(8-5-16)30-24(31)18(13-29)10-15-2-9-23(21(26)11-15)34-14-17-3-6-19(27)12-22(17)28/h2-12H,14H2,1H3,(H,30,31)/b18-10+. The highest BCUT2D eigenvalue weighted by atomic mass is 79.9. The largest absolute Gasteiger partial charge is 0.488 e. The molecule has 34 heavy (non-hydrogen) atoms. The lowest BCUT2D eigenvalue weighted by molar-refractivity contribution is -0.112. The van der Waals surface area contributed by atoms with Gasteiger partial charge in [0.25, 0.3) is 5.91 Å². The number of methoxy groups -OCH3 is 1. The minimum Gasteiger partial charge on any atom is -0.488 e. The van der Waals surface area contributed by atoms with Crippen molar-refractivity contribution in [2.24, 2.45) is 0 Å². The van der Waals surface area contributed by atoms with E-state index in [2.05, 4.69) is 26.0 Å². The lowest BCUT2D eigenvalue weighted by Gasteiger charge is -2.10. The number of amides is 1. The van der Waals surface area contributed by atoms with Crippen LogP contribution in [-0.2, 0) is 16.1 Å². The van der Waals surface area contributed by atoms with Gasteiger partial charge in [-0.1, -0.05) is 35.3 Å². The fourth-order valence-corrected chi connectivity index (χ4v) is 3.81. The van der Waals surface area contributed by atoms with Crippen LogP contribution in [0.25, 0.3) is 6.08 Å². The van der Waals surface area contributed by atoms with Gasteiger partial charge in [0, 0.05) is 21.3 Å². The molecule has 0 saturated heterocycles. The molecule has 0 radical (unpaired) electrons. The molecule has 6 nitrogen and oxygen atoms in total. The fourth-order valence-electron chi connectivity index (χ4n) is 2.84. The van der Waals surface area contributed by atoms with E-state index in [1.165, 1.54) is 25.3 Å². The van der Waals surface area contributed by atoms with Gasteiger partial charge >= 0.3 is 5.97 Å². The van der Waals surface area contributed by atoms with Crippen LogP contribution in [0.1, 0.15) is 21.5 Å². The number of carbonyl (C=O) groups is 2. The SMILES string of the molecule is COC(=O)c1ccc(NC(=O)/C(C#N)=C/c2ccc(OCc3ccc(Cl)cc3Cl)c(Br)c2)cc1. The van der Waals surface area contributed by atoms with Gasteiger partial charge in [-0.3, -0.25) is 4.79 Å². The van der Waals surface area contributed by atoms with E-state index in [1.54, 1.807) is 48.5 Å². The summed E-state index contributed by atoms with van der Waals surface area (Å²) in [7, 11) is 1.29. The molecule has 9 heteroatoms. The van der Waals surface area contributed by atoms with E-state index in [9.17, 15) is 14.9 Å². The van der Waals surface area contributed by atoms with E-state index in [1.807, 2.05) is 6.07 Å². The highest BCUT2D eigenvalue weighted by molar-refractivity contribution is 9.10. The lowest BCUT2D eigenvalue weighted by Crippen LogP contribution is -2.13. The molecular formula is C25H17BrCl2N2O4. The molecule has 3 rings (SSSR count). The molecule has 0 bridgehead atoms. The molecule has 1 amide bonds. The number of hydrogen-bond donors (Lipinski definition) is 1.